The average Bonchev–Trinajstić information content (AvgIpc) is 3.32. The zero-order valence-electron chi connectivity index (χ0n) is 20.5. The van der Waals surface area contributed by atoms with Gasteiger partial charge < -0.3 is 15.0 Å². The number of anilines is 1. The predicted molar refractivity (Wildman–Crippen MR) is 146 cm³/mol. The molecule has 9 heteroatoms. The van der Waals surface area contributed by atoms with Gasteiger partial charge in [-0.25, -0.2) is 4.99 Å². The highest BCUT2D eigenvalue weighted by atomic mass is 32.2. The molecule has 0 fully saturated rings. The van der Waals surface area contributed by atoms with Crippen LogP contribution in [0.4, 0.5) is 11.4 Å². The van der Waals surface area contributed by atoms with Gasteiger partial charge in [0, 0.05) is 23.2 Å². The van der Waals surface area contributed by atoms with Crippen molar-refractivity contribution in [3.63, 3.8) is 0 Å². The first kappa shape index (κ1) is 24.3. The van der Waals surface area contributed by atoms with E-state index in [1.54, 1.807) is 19.2 Å². The fraction of sp³-hybridized carbons (Fsp3) is 0.143. The third-order valence-corrected chi connectivity index (χ3v) is 7.16. The number of carbonyl (C=O) groups excluding carboxylic acids is 1. The molecule has 2 aliphatic rings. The quantitative estimate of drug-likeness (QED) is 0.308. The van der Waals surface area contributed by atoms with E-state index in [1.807, 2.05) is 72.7 Å². The molecule has 2 aliphatic heterocycles. The van der Waals surface area contributed by atoms with Crippen molar-refractivity contribution < 1.29 is 14.5 Å². The van der Waals surface area contributed by atoms with E-state index in [0.717, 1.165) is 33.3 Å². The zero-order chi connectivity index (χ0) is 26.1. The number of aryl methyl sites for hydroxylation is 1. The van der Waals surface area contributed by atoms with Crippen LogP contribution in [0.1, 0.15) is 29.7 Å². The molecule has 186 valence electrons. The molecule has 0 bridgehead atoms. The Hall–Kier alpha value is -4.37. The molecule has 37 heavy (non-hydrogen) atoms. The number of fused-ring (bicyclic) bond motifs is 1. The molecule has 0 aromatic heterocycles. The van der Waals surface area contributed by atoms with Crippen LogP contribution in [0.2, 0.25) is 0 Å². The largest absolute Gasteiger partial charge is 0.496 e. The molecular formula is C28H24N4O4S. The minimum absolute atomic E-state index is 0.0148. The van der Waals surface area contributed by atoms with Gasteiger partial charge in [0.1, 0.15) is 5.75 Å². The second kappa shape index (κ2) is 9.94. The highest BCUT2D eigenvalue weighted by Gasteiger charge is 2.40. The summed E-state index contributed by atoms with van der Waals surface area (Å²) in [4.78, 5) is 31.3. The lowest BCUT2D eigenvalue weighted by Crippen LogP contribution is -2.37. The van der Waals surface area contributed by atoms with Crippen molar-refractivity contribution in [2.75, 3.05) is 12.4 Å². The van der Waals surface area contributed by atoms with Crippen LogP contribution in [-0.2, 0) is 4.79 Å². The topological polar surface area (TPSA) is 97.1 Å². The SMILES string of the molecule is COc1cc([C@@H]2C(C(=O)Nc3ccccc3)=C(C)N=C3SC=C(c4ccc([N+](=O)[O-])cc4)N32)ccc1C. The summed E-state index contributed by atoms with van der Waals surface area (Å²) >= 11 is 1.46. The Morgan fingerprint density at radius 2 is 1.81 bits per heavy atom. The smallest absolute Gasteiger partial charge is 0.269 e. The number of para-hydroxylation sites is 1. The number of nitrogens with one attached hydrogen (secondary N) is 1. The van der Waals surface area contributed by atoms with E-state index >= 15 is 0 Å². The van der Waals surface area contributed by atoms with Gasteiger partial charge in [-0.3, -0.25) is 14.9 Å². The number of non-ortho nitro benzene ring substituents is 1. The number of methoxy groups -OCH3 is 1. The van der Waals surface area contributed by atoms with Crippen LogP contribution in [-0.4, -0.2) is 28.0 Å². The summed E-state index contributed by atoms with van der Waals surface area (Å²) in [6, 6.07) is 21.1. The molecule has 3 aromatic carbocycles. The summed E-state index contributed by atoms with van der Waals surface area (Å²) in [5.41, 5.74) is 5.27. The summed E-state index contributed by atoms with van der Waals surface area (Å²) in [6.45, 7) is 3.81. The van der Waals surface area contributed by atoms with Crippen LogP contribution in [0.25, 0.3) is 5.70 Å². The Kier molecular flexibility index (Phi) is 6.54. The number of rotatable bonds is 6. The lowest BCUT2D eigenvalue weighted by Gasteiger charge is -2.37. The Labute approximate surface area is 218 Å². The molecule has 3 aromatic rings. The van der Waals surface area contributed by atoms with E-state index in [9.17, 15) is 14.9 Å². The summed E-state index contributed by atoms with van der Waals surface area (Å²) < 4.78 is 5.60. The lowest BCUT2D eigenvalue weighted by atomic mass is 9.92. The van der Waals surface area contributed by atoms with Crippen LogP contribution < -0.4 is 10.1 Å². The first-order valence-electron chi connectivity index (χ1n) is 11.6. The van der Waals surface area contributed by atoms with Gasteiger partial charge in [0.05, 0.1) is 35.0 Å². The van der Waals surface area contributed by atoms with Gasteiger partial charge in [0.25, 0.3) is 11.6 Å². The Balaban J connectivity index is 1.62. The highest BCUT2D eigenvalue weighted by molar-refractivity contribution is 8.16. The molecule has 2 heterocycles. The van der Waals surface area contributed by atoms with Gasteiger partial charge in [-0.1, -0.05) is 42.1 Å². The number of nitro benzene ring substituents is 1. The minimum Gasteiger partial charge on any atom is -0.496 e. The molecule has 0 radical (unpaired) electrons. The summed E-state index contributed by atoms with van der Waals surface area (Å²) in [5.74, 6) is 0.464. The van der Waals surface area contributed by atoms with Crippen molar-refractivity contribution in [2.45, 2.75) is 19.9 Å². The average molecular weight is 513 g/mol. The lowest BCUT2D eigenvalue weighted by molar-refractivity contribution is -0.384. The van der Waals surface area contributed by atoms with E-state index in [4.69, 9.17) is 9.73 Å². The van der Waals surface area contributed by atoms with Gasteiger partial charge >= 0.3 is 0 Å². The molecule has 0 spiro atoms. The predicted octanol–water partition coefficient (Wildman–Crippen LogP) is 6.28. The first-order chi connectivity index (χ1) is 17.9. The van der Waals surface area contributed by atoms with Crippen molar-refractivity contribution in [3.8, 4) is 5.75 Å². The molecule has 0 unspecified atom stereocenters. The maximum Gasteiger partial charge on any atom is 0.269 e. The number of carbonyl (C=O) groups is 1. The number of amides is 1. The van der Waals surface area contributed by atoms with Crippen molar-refractivity contribution >= 4 is 39.9 Å². The second-order valence-corrected chi connectivity index (χ2v) is 9.48. The number of hydrogen-bond donors (Lipinski definition) is 1. The Morgan fingerprint density at radius 1 is 1.08 bits per heavy atom. The zero-order valence-corrected chi connectivity index (χ0v) is 21.3. The van der Waals surface area contributed by atoms with Crippen LogP contribution in [0.15, 0.2) is 94.5 Å². The standard InChI is InChI=1S/C28H24N4O4S/c1-17-9-10-20(15-24(17)36-3)26-25(27(33)30-21-7-5-4-6-8-21)18(2)29-28-31(26)23(16-37-28)19-11-13-22(14-12-19)32(34)35/h4-16,26H,1-3H3,(H,30,33)/t26-/m1/s1. The van der Waals surface area contributed by atoms with Gasteiger partial charge in [-0.2, -0.15) is 0 Å². The van der Waals surface area contributed by atoms with Gasteiger partial charge in [0.2, 0.25) is 0 Å². The van der Waals surface area contributed by atoms with Crippen molar-refractivity contribution in [3.05, 3.63) is 116 Å². The van der Waals surface area contributed by atoms with E-state index in [-0.39, 0.29) is 11.6 Å². The molecule has 1 amide bonds. The van der Waals surface area contributed by atoms with Crippen LogP contribution in [0.3, 0.4) is 0 Å². The minimum atomic E-state index is -0.498. The molecule has 8 nitrogen and oxygen atoms in total. The number of ether oxygens (including phenoxy) is 1. The molecule has 1 atom stereocenters. The van der Waals surface area contributed by atoms with Crippen LogP contribution >= 0.6 is 11.8 Å². The molecule has 0 aliphatic carbocycles. The van der Waals surface area contributed by atoms with E-state index in [2.05, 4.69) is 5.32 Å². The van der Waals surface area contributed by atoms with E-state index in [0.29, 0.717) is 17.0 Å². The van der Waals surface area contributed by atoms with Gasteiger partial charge in [-0.05, 0) is 60.9 Å². The normalized spacial score (nSPS) is 16.6. The van der Waals surface area contributed by atoms with Crippen molar-refractivity contribution in [1.29, 1.82) is 0 Å². The Bertz CT molecular complexity index is 1480. The molecule has 1 N–H and O–H groups in total. The van der Waals surface area contributed by atoms with Gasteiger partial charge in [0.15, 0.2) is 5.17 Å². The number of amidine groups is 1. The summed E-state index contributed by atoms with van der Waals surface area (Å²) in [6.07, 6.45) is 0. The van der Waals surface area contributed by atoms with E-state index in [1.165, 1.54) is 23.9 Å². The molecule has 5 rings (SSSR count). The number of nitro groups is 1. The van der Waals surface area contributed by atoms with Crippen molar-refractivity contribution in [1.82, 2.24) is 4.90 Å². The fourth-order valence-electron chi connectivity index (χ4n) is 4.48. The number of thioether (sulfide) groups is 1. The maximum absolute atomic E-state index is 13.7. The Morgan fingerprint density at radius 3 is 2.49 bits per heavy atom. The summed E-state index contributed by atoms with van der Waals surface area (Å²) in [5, 5.41) is 16.9. The number of benzene rings is 3. The molecule has 0 saturated heterocycles. The number of nitrogens with zero attached hydrogens (tertiary/aromatic N) is 3. The second-order valence-electron chi connectivity index (χ2n) is 8.64. The first-order valence-corrected chi connectivity index (χ1v) is 12.5. The van der Waals surface area contributed by atoms with Crippen molar-refractivity contribution in [2.24, 2.45) is 4.99 Å². The number of allylic oxidation sites excluding steroid dienone is 1. The molecule has 0 saturated carbocycles. The summed E-state index contributed by atoms with van der Waals surface area (Å²) in [7, 11) is 1.62. The van der Waals surface area contributed by atoms with E-state index < -0.39 is 11.0 Å². The molecular weight excluding hydrogens is 488 g/mol. The highest BCUT2D eigenvalue weighted by Crippen LogP contribution is 2.47. The van der Waals surface area contributed by atoms with Gasteiger partial charge in [-0.15, -0.1) is 0 Å². The van der Waals surface area contributed by atoms with Crippen LogP contribution in [0, 0.1) is 17.0 Å². The maximum atomic E-state index is 13.7. The fourth-order valence-corrected chi connectivity index (χ4v) is 5.45. The monoisotopic (exact) mass is 512 g/mol. The van der Waals surface area contributed by atoms with Crippen LogP contribution in [0.5, 0.6) is 5.75 Å². The third-order valence-electron chi connectivity index (χ3n) is 6.32. The third kappa shape index (κ3) is 4.61. The number of aliphatic imine (C=N–C) groups is 1. The number of hydrogen-bond acceptors (Lipinski definition) is 7.